The Bertz CT molecular complexity index is 268. The van der Waals surface area contributed by atoms with Gasteiger partial charge in [0.1, 0.15) is 0 Å². The molecule has 0 aromatic rings. The molecule has 0 radical (unpaired) electrons. The van der Waals surface area contributed by atoms with Crippen molar-refractivity contribution in [3.8, 4) is 0 Å². The summed E-state index contributed by atoms with van der Waals surface area (Å²) >= 11 is 0. The first-order valence-electron chi connectivity index (χ1n) is 4.08. The van der Waals surface area contributed by atoms with Gasteiger partial charge in [-0.1, -0.05) is 19.2 Å². The molecule has 2 N–H and O–H groups in total. The summed E-state index contributed by atoms with van der Waals surface area (Å²) in [5.41, 5.74) is 0.212. The van der Waals surface area contributed by atoms with Crippen LogP contribution in [-0.2, 0) is 9.53 Å². The van der Waals surface area contributed by atoms with E-state index in [9.17, 15) is 4.79 Å². The third-order valence-electron chi connectivity index (χ3n) is 1.37. The highest BCUT2D eigenvalue weighted by atomic mass is 16.5. The molecule has 0 aliphatic carbocycles. The summed E-state index contributed by atoms with van der Waals surface area (Å²) in [4.78, 5) is 11.0. The zero-order valence-corrected chi connectivity index (χ0v) is 8.06. The number of carbonyl (C=O) groups excluding carboxylic acids is 1. The maximum absolute atomic E-state index is 11.0. The van der Waals surface area contributed by atoms with E-state index in [-0.39, 0.29) is 17.7 Å². The fourth-order valence-corrected chi connectivity index (χ4v) is 0.586. The normalized spacial score (nSPS) is 9.93. The number of rotatable bonds is 5. The van der Waals surface area contributed by atoms with Gasteiger partial charge in [0.2, 0.25) is 0 Å². The SMILES string of the molecule is C=C(/C=C\C(=C)C(=O)OCC)B(O)O. The van der Waals surface area contributed by atoms with Crippen molar-refractivity contribution in [1.29, 1.82) is 0 Å². The second-order valence-electron chi connectivity index (χ2n) is 2.53. The maximum Gasteiger partial charge on any atom is 0.487 e. The quantitative estimate of drug-likeness (QED) is 0.286. The van der Waals surface area contributed by atoms with Gasteiger partial charge >= 0.3 is 13.1 Å². The van der Waals surface area contributed by atoms with Crippen LogP contribution in [0, 0.1) is 0 Å². The number of esters is 1. The van der Waals surface area contributed by atoms with Crippen LogP contribution in [0.5, 0.6) is 0 Å². The van der Waals surface area contributed by atoms with Crippen LogP contribution in [0.3, 0.4) is 0 Å². The molecule has 5 heteroatoms. The van der Waals surface area contributed by atoms with E-state index in [2.05, 4.69) is 17.9 Å². The van der Waals surface area contributed by atoms with Crippen LogP contribution in [0.25, 0.3) is 0 Å². The number of ether oxygens (including phenoxy) is 1. The summed E-state index contributed by atoms with van der Waals surface area (Å²) in [7, 11) is -1.62. The van der Waals surface area contributed by atoms with Crippen molar-refractivity contribution >= 4 is 13.1 Å². The largest absolute Gasteiger partial charge is 0.487 e. The number of allylic oxidation sites excluding steroid dienone is 2. The minimum absolute atomic E-state index is 0.0791. The molecule has 0 aliphatic heterocycles. The predicted octanol–water partition coefficient (Wildman–Crippen LogP) is 0.230. The number of hydrogen-bond acceptors (Lipinski definition) is 4. The Morgan fingerprint density at radius 3 is 2.43 bits per heavy atom. The summed E-state index contributed by atoms with van der Waals surface area (Å²) in [6.45, 7) is 8.75. The molecule has 0 unspecified atom stereocenters. The molecule has 0 saturated carbocycles. The average Bonchev–Trinajstić information content (AvgIpc) is 2.13. The summed E-state index contributed by atoms with van der Waals surface area (Å²) in [6.07, 6.45) is 2.61. The Hall–Kier alpha value is -1.33. The second kappa shape index (κ2) is 6.18. The van der Waals surface area contributed by atoms with Crippen LogP contribution < -0.4 is 0 Å². The van der Waals surface area contributed by atoms with Gasteiger partial charge in [0.25, 0.3) is 0 Å². The minimum atomic E-state index is -1.62. The Labute approximate surface area is 83.3 Å². The van der Waals surface area contributed by atoms with E-state index in [0.717, 1.165) is 0 Å². The standard InChI is InChI=1S/C9H13BO4/c1-4-14-9(11)7(2)5-6-8(3)10(12)13/h5-6,12-13H,2-4H2,1H3/b6-5-. The molecular weight excluding hydrogens is 183 g/mol. The van der Waals surface area contributed by atoms with Gasteiger partial charge in [-0.2, -0.15) is 0 Å². The Morgan fingerprint density at radius 1 is 1.43 bits per heavy atom. The van der Waals surface area contributed by atoms with Crippen LogP contribution in [-0.4, -0.2) is 29.7 Å². The van der Waals surface area contributed by atoms with Crippen molar-refractivity contribution < 1.29 is 19.6 Å². The Morgan fingerprint density at radius 2 is 2.00 bits per heavy atom. The Balaban J connectivity index is 4.18. The minimum Gasteiger partial charge on any atom is -0.462 e. The van der Waals surface area contributed by atoms with Gasteiger partial charge in [-0.3, -0.25) is 0 Å². The lowest BCUT2D eigenvalue weighted by Crippen LogP contribution is -2.12. The van der Waals surface area contributed by atoms with Gasteiger partial charge in [0.05, 0.1) is 12.2 Å². The highest BCUT2D eigenvalue weighted by Gasteiger charge is 2.09. The molecule has 0 rings (SSSR count). The lowest BCUT2D eigenvalue weighted by atomic mass is 9.80. The lowest BCUT2D eigenvalue weighted by molar-refractivity contribution is -0.138. The predicted molar refractivity (Wildman–Crippen MR) is 54.2 cm³/mol. The van der Waals surface area contributed by atoms with Crippen molar-refractivity contribution in [2.45, 2.75) is 6.92 Å². The smallest absolute Gasteiger partial charge is 0.462 e. The third kappa shape index (κ3) is 4.64. The fourth-order valence-electron chi connectivity index (χ4n) is 0.586. The average molecular weight is 196 g/mol. The molecule has 0 spiro atoms. The van der Waals surface area contributed by atoms with Gasteiger partial charge in [-0.05, 0) is 18.5 Å². The van der Waals surface area contributed by atoms with Crippen molar-refractivity contribution in [2.24, 2.45) is 0 Å². The van der Waals surface area contributed by atoms with E-state index in [1.54, 1.807) is 6.92 Å². The molecule has 0 amide bonds. The third-order valence-corrected chi connectivity index (χ3v) is 1.37. The van der Waals surface area contributed by atoms with Crippen LogP contribution in [0.1, 0.15) is 6.92 Å². The van der Waals surface area contributed by atoms with Gasteiger partial charge in [-0.15, -0.1) is 0 Å². The van der Waals surface area contributed by atoms with Crippen molar-refractivity contribution in [2.75, 3.05) is 6.61 Å². The highest BCUT2D eigenvalue weighted by molar-refractivity contribution is 6.51. The first kappa shape index (κ1) is 12.7. The van der Waals surface area contributed by atoms with E-state index in [4.69, 9.17) is 10.0 Å². The van der Waals surface area contributed by atoms with E-state index >= 15 is 0 Å². The van der Waals surface area contributed by atoms with E-state index in [0.29, 0.717) is 0 Å². The van der Waals surface area contributed by atoms with Crippen LogP contribution >= 0.6 is 0 Å². The lowest BCUT2D eigenvalue weighted by Gasteiger charge is -2.00. The maximum atomic E-state index is 11.0. The molecule has 0 atom stereocenters. The number of hydrogen-bond donors (Lipinski definition) is 2. The monoisotopic (exact) mass is 196 g/mol. The van der Waals surface area contributed by atoms with Crippen LogP contribution in [0.2, 0.25) is 0 Å². The van der Waals surface area contributed by atoms with Crippen LogP contribution in [0.4, 0.5) is 0 Å². The molecule has 0 aliphatic rings. The molecule has 0 bridgehead atoms. The summed E-state index contributed by atoms with van der Waals surface area (Å²) in [5, 5.41) is 17.3. The molecule has 4 nitrogen and oxygen atoms in total. The molecule has 0 fully saturated rings. The topological polar surface area (TPSA) is 66.8 Å². The zero-order valence-electron chi connectivity index (χ0n) is 8.06. The highest BCUT2D eigenvalue weighted by Crippen LogP contribution is 2.01. The molecule has 0 aromatic heterocycles. The first-order chi connectivity index (χ1) is 6.49. The van der Waals surface area contributed by atoms with Crippen molar-refractivity contribution in [3.05, 3.63) is 36.4 Å². The molecule has 0 heterocycles. The van der Waals surface area contributed by atoms with Gasteiger partial charge in [0.15, 0.2) is 0 Å². The van der Waals surface area contributed by atoms with Crippen LogP contribution in [0.15, 0.2) is 36.4 Å². The fraction of sp³-hybridized carbons (Fsp3) is 0.222. The summed E-state index contributed by atoms with van der Waals surface area (Å²) in [5.74, 6) is -0.538. The summed E-state index contributed by atoms with van der Waals surface area (Å²) in [6, 6.07) is 0. The van der Waals surface area contributed by atoms with Gasteiger partial charge < -0.3 is 14.8 Å². The molecule has 0 aromatic carbocycles. The zero-order chi connectivity index (χ0) is 11.1. The molecule has 0 saturated heterocycles. The van der Waals surface area contributed by atoms with E-state index < -0.39 is 13.1 Å². The van der Waals surface area contributed by atoms with Crippen molar-refractivity contribution in [1.82, 2.24) is 0 Å². The van der Waals surface area contributed by atoms with Gasteiger partial charge in [0, 0.05) is 0 Å². The number of carbonyl (C=O) groups is 1. The molecular formula is C9H13BO4. The first-order valence-corrected chi connectivity index (χ1v) is 4.08. The summed E-state index contributed by atoms with van der Waals surface area (Å²) < 4.78 is 4.65. The Kier molecular flexibility index (Phi) is 5.59. The molecule has 14 heavy (non-hydrogen) atoms. The van der Waals surface area contributed by atoms with Gasteiger partial charge in [-0.25, -0.2) is 4.79 Å². The second-order valence-corrected chi connectivity index (χ2v) is 2.53. The van der Waals surface area contributed by atoms with E-state index in [1.807, 2.05) is 0 Å². The molecule has 76 valence electrons. The van der Waals surface area contributed by atoms with E-state index in [1.165, 1.54) is 12.2 Å². The van der Waals surface area contributed by atoms with Crippen molar-refractivity contribution in [3.63, 3.8) is 0 Å².